The molecule has 0 aliphatic carbocycles. The zero-order valence-corrected chi connectivity index (χ0v) is 15.1. The number of hydrogen-bond donors (Lipinski definition) is 0. The summed E-state index contributed by atoms with van der Waals surface area (Å²) in [4.78, 5) is 25.3. The van der Waals surface area contributed by atoms with E-state index in [0.29, 0.717) is 17.2 Å². The number of nitrogens with zero attached hydrogens (tertiary/aromatic N) is 2. The van der Waals surface area contributed by atoms with Crippen molar-refractivity contribution in [2.24, 2.45) is 5.92 Å². The molecule has 142 valence electrons. The number of nitro benzene ring substituents is 1. The number of ether oxygens (including phenoxy) is 1. The maximum absolute atomic E-state index is 12.9. The molecule has 0 radical (unpaired) electrons. The van der Waals surface area contributed by atoms with Crippen LogP contribution in [0.1, 0.15) is 35.7 Å². The normalized spacial score (nSPS) is 16.8. The SMILES string of the molecule is C[C@H]1CCCN(c2ccc(C(=O)OCc3ccc(F)cc3)cc2[N+](=O)[O-])C1. The first-order valence-electron chi connectivity index (χ1n) is 8.89. The van der Waals surface area contributed by atoms with Crippen LogP contribution >= 0.6 is 0 Å². The van der Waals surface area contributed by atoms with E-state index >= 15 is 0 Å². The highest BCUT2D eigenvalue weighted by Gasteiger charge is 2.25. The summed E-state index contributed by atoms with van der Waals surface area (Å²) >= 11 is 0. The standard InChI is InChI=1S/C20H21FN2O4/c1-14-3-2-10-22(12-14)18-9-6-16(11-19(18)23(25)26)20(24)27-13-15-4-7-17(21)8-5-15/h4-9,11,14H,2-3,10,12-13H2,1H3/t14-/m0/s1. The summed E-state index contributed by atoms with van der Waals surface area (Å²) < 4.78 is 18.1. The van der Waals surface area contributed by atoms with Crippen molar-refractivity contribution in [3.05, 3.63) is 69.5 Å². The van der Waals surface area contributed by atoms with E-state index in [2.05, 4.69) is 6.92 Å². The summed E-state index contributed by atoms with van der Waals surface area (Å²) in [7, 11) is 0. The van der Waals surface area contributed by atoms with E-state index in [4.69, 9.17) is 4.74 Å². The number of nitro groups is 1. The van der Waals surface area contributed by atoms with Crippen molar-refractivity contribution < 1.29 is 18.8 Å². The van der Waals surface area contributed by atoms with Gasteiger partial charge in [-0.05, 0) is 48.6 Å². The Balaban J connectivity index is 1.75. The first kappa shape index (κ1) is 18.8. The number of rotatable bonds is 5. The van der Waals surface area contributed by atoms with Crippen LogP contribution in [0.4, 0.5) is 15.8 Å². The van der Waals surface area contributed by atoms with Gasteiger partial charge in [-0.3, -0.25) is 10.1 Å². The highest BCUT2D eigenvalue weighted by Crippen LogP contribution is 2.32. The quantitative estimate of drug-likeness (QED) is 0.444. The molecule has 1 saturated heterocycles. The van der Waals surface area contributed by atoms with Gasteiger partial charge in [-0.25, -0.2) is 9.18 Å². The van der Waals surface area contributed by atoms with Crippen LogP contribution < -0.4 is 4.90 Å². The molecule has 0 bridgehead atoms. The first-order valence-corrected chi connectivity index (χ1v) is 8.89. The summed E-state index contributed by atoms with van der Waals surface area (Å²) in [6.45, 7) is 3.62. The molecular weight excluding hydrogens is 351 g/mol. The van der Waals surface area contributed by atoms with Gasteiger partial charge >= 0.3 is 5.97 Å². The van der Waals surface area contributed by atoms with Gasteiger partial charge in [-0.1, -0.05) is 19.1 Å². The highest BCUT2D eigenvalue weighted by molar-refractivity contribution is 5.91. The Morgan fingerprint density at radius 1 is 1.30 bits per heavy atom. The minimum atomic E-state index is -0.652. The number of carbonyl (C=O) groups is 1. The molecule has 3 rings (SSSR count). The van der Waals surface area contributed by atoms with Gasteiger partial charge in [-0.2, -0.15) is 0 Å². The minimum absolute atomic E-state index is 0.0295. The van der Waals surface area contributed by atoms with Gasteiger partial charge in [0, 0.05) is 19.2 Å². The van der Waals surface area contributed by atoms with Gasteiger partial charge in [-0.15, -0.1) is 0 Å². The molecule has 2 aromatic rings. The molecule has 1 atom stereocenters. The maximum atomic E-state index is 12.9. The summed E-state index contributed by atoms with van der Waals surface area (Å²) in [6, 6.07) is 10.0. The lowest BCUT2D eigenvalue weighted by Crippen LogP contribution is -2.34. The Kier molecular flexibility index (Phi) is 5.69. The predicted molar refractivity (Wildman–Crippen MR) is 99.2 cm³/mol. The van der Waals surface area contributed by atoms with Crippen molar-refractivity contribution >= 4 is 17.3 Å². The fourth-order valence-electron chi connectivity index (χ4n) is 3.29. The van der Waals surface area contributed by atoms with E-state index in [9.17, 15) is 19.3 Å². The lowest BCUT2D eigenvalue weighted by molar-refractivity contribution is -0.384. The van der Waals surface area contributed by atoms with Crippen LogP contribution in [0, 0.1) is 21.8 Å². The number of benzene rings is 2. The average molecular weight is 372 g/mol. The molecule has 0 saturated carbocycles. The van der Waals surface area contributed by atoms with Crippen molar-refractivity contribution in [2.75, 3.05) is 18.0 Å². The largest absolute Gasteiger partial charge is 0.457 e. The van der Waals surface area contributed by atoms with E-state index in [1.54, 1.807) is 12.1 Å². The van der Waals surface area contributed by atoms with E-state index in [1.165, 1.54) is 30.3 Å². The summed E-state index contributed by atoms with van der Waals surface area (Å²) in [6.07, 6.45) is 2.10. The lowest BCUT2D eigenvalue weighted by Gasteiger charge is -2.32. The van der Waals surface area contributed by atoms with E-state index in [-0.39, 0.29) is 23.7 Å². The molecule has 1 aliphatic heterocycles. The van der Waals surface area contributed by atoms with Crippen LogP contribution in [-0.2, 0) is 11.3 Å². The van der Waals surface area contributed by atoms with Crippen LogP contribution in [0.2, 0.25) is 0 Å². The molecule has 6 nitrogen and oxygen atoms in total. The molecule has 0 N–H and O–H groups in total. The molecule has 1 fully saturated rings. The number of piperidine rings is 1. The minimum Gasteiger partial charge on any atom is -0.457 e. The molecule has 0 aromatic heterocycles. The van der Waals surface area contributed by atoms with Crippen LogP contribution in [0.15, 0.2) is 42.5 Å². The summed E-state index contributed by atoms with van der Waals surface area (Å²) in [5.74, 6) is -0.553. The topological polar surface area (TPSA) is 72.7 Å². The zero-order chi connectivity index (χ0) is 19.4. The van der Waals surface area contributed by atoms with E-state index < -0.39 is 10.9 Å². The number of carbonyl (C=O) groups excluding carboxylic acids is 1. The van der Waals surface area contributed by atoms with Crippen molar-refractivity contribution in [2.45, 2.75) is 26.4 Å². The molecular formula is C20H21FN2O4. The van der Waals surface area contributed by atoms with Crippen molar-refractivity contribution in [1.82, 2.24) is 0 Å². The van der Waals surface area contributed by atoms with Gasteiger partial charge < -0.3 is 9.64 Å². The molecule has 0 unspecified atom stereocenters. The number of hydrogen-bond acceptors (Lipinski definition) is 5. The van der Waals surface area contributed by atoms with Gasteiger partial charge in [0.2, 0.25) is 0 Å². The Bertz CT molecular complexity index is 838. The monoisotopic (exact) mass is 372 g/mol. The Morgan fingerprint density at radius 3 is 2.70 bits per heavy atom. The molecule has 1 heterocycles. The summed E-state index contributed by atoms with van der Waals surface area (Å²) in [5, 5.41) is 11.5. The fourth-order valence-corrected chi connectivity index (χ4v) is 3.29. The predicted octanol–water partition coefficient (Wildman–Crippen LogP) is 4.33. The van der Waals surface area contributed by atoms with Gasteiger partial charge in [0.15, 0.2) is 0 Å². The third kappa shape index (κ3) is 4.61. The Morgan fingerprint density at radius 2 is 2.04 bits per heavy atom. The summed E-state index contributed by atoms with van der Waals surface area (Å²) in [5.41, 5.74) is 1.19. The molecule has 27 heavy (non-hydrogen) atoms. The van der Waals surface area contributed by atoms with E-state index in [1.807, 2.05) is 4.90 Å². The highest BCUT2D eigenvalue weighted by atomic mass is 19.1. The van der Waals surface area contributed by atoms with Crippen LogP contribution in [0.3, 0.4) is 0 Å². The Hall–Kier alpha value is -2.96. The second kappa shape index (κ2) is 8.16. The van der Waals surface area contributed by atoms with Crippen molar-refractivity contribution in [3.8, 4) is 0 Å². The van der Waals surface area contributed by atoms with Crippen LogP contribution in [0.5, 0.6) is 0 Å². The Labute approximate surface area is 156 Å². The molecule has 0 spiro atoms. The lowest BCUT2D eigenvalue weighted by atomic mass is 9.99. The van der Waals surface area contributed by atoms with Crippen molar-refractivity contribution in [3.63, 3.8) is 0 Å². The van der Waals surface area contributed by atoms with Crippen LogP contribution in [-0.4, -0.2) is 24.0 Å². The molecule has 1 aliphatic rings. The molecule has 0 amide bonds. The number of halogens is 1. The average Bonchev–Trinajstić information content (AvgIpc) is 2.66. The van der Waals surface area contributed by atoms with Crippen LogP contribution in [0.25, 0.3) is 0 Å². The first-order chi connectivity index (χ1) is 12.9. The van der Waals surface area contributed by atoms with Gasteiger partial charge in [0.05, 0.1) is 10.5 Å². The van der Waals surface area contributed by atoms with Gasteiger partial charge in [0.25, 0.3) is 5.69 Å². The number of anilines is 1. The third-order valence-corrected chi connectivity index (χ3v) is 4.69. The second-order valence-corrected chi connectivity index (χ2v) is 6.86. The maximum Gasteiger partial charge on any atom is 0.338 e. The smallest absolute Gasteiger partial charge is 0.338 e. The zero-order valence-electron chi connectivity index (χ0n) is 15.1. The number of esters is 1. The third-order valence-electron chi connectivity index (χ3n) is 4.69. The second-order valence-electron chi connectivity index (χ2n) is 6.86. The van der Waals surface area contributed by atoms with Gasteiger partial charge in [0.1, 0.15) is 18.1 Å². The molecule has 2 aromatic carbocycles. The fraction of sp³-hybridized carbons (Fsp3) is 0.350. The molecule has 7 heteroatoms. The van der Waals surface area contributed by atoms with E-state index in [0.717, 1.165) is 25.9 Å². The van der Waals surface area contributed by atoms with Crippen molar-refractivity contribution in [1.29, 1.82) is 0 Å².